The van der Waals surface area contributed by atoms with E-state index in [1.54, 1.807) is 46.8 Å². The Morgan fingerprint density at radius 1 is 0.846 bits per heavy atom. The molecule has 1 amide bonds. The maximum absolute atomic E-state index is 14.1. The summed E-state index contributed by atoms with van der Waals surface area (Å²) >= 11 is 1.01. The van der Waals surface area contributed by atoms with E-state index in [0.717, 1.165) is 16.9 Å². The lowest BCUT2D eigenvalue weighted by atomic mass is 9.93. The third-order valence-corrected chi connectivity index (χ3v) is 8.99. The summed E-state index contributed by atoms with van der Waals surface area (Å²) < 4.78 is 42.1. The van der Waals surface area contributed by atoms with Crippen LogP contribution >= 0.6 is 11.3 Å². The monoisotopic (exact) mass is 732 g/mol. The number of benzene rings is 2. The van der Waals surface area contributed by atoms with E-state index < -0.39 is 41.5 Å². The number of amides is 1. The van der Waals surface area contributed by atoms with E-state index in [0.29, 0.717) is 30.0 Å². The summed E-state index contributed by atoms with van der Waals surface area (Å²) in [6.07, 6.45) is 0.420. The fourth-order valence-electron chi connectivity index (χ4n) is 5.73. The number of aromatic nitrogens is 1. The lowest BCUT2D eigenvalue weighted by Gasteiger charge is -2.30. The molecule has 0 radical (unpaired) electrons. The van der Waals surface area contributed by atoms with Crippen LogP contribution in [0, 0.1) is 5.82 Å². The van der Waals surface area contributed by atoms with Crippen molar-refractivity contribution in [1.82, 2.24) is 9.88 Å². The molecule has 0 spiro atoms. The molecule has 1 aliphatic rings. The van der Waals surface area contributed by atoms with Crippen LogP contribution in [0.4, 0.5) is 9.18 Å². The summed E-state index contributed by atoms with van der Waals surface area (Å²) in [5.41, 5.74) is 0.255. The standard InChI is InChI=1S/C39H41FN2O9S/c1-6-47-36(44)31-27(23-49-26-17-15-25(40)16-18-26)41-34(28-14-11-21-42(28)38(46)51-39(3,4)5)33(37(45)48-7-2)32(31)29-19-20-30(52-29)35(43)50-22-24-12-9-8-10-13-24/h8-10,12-13,15-20,28H,6-7,11,14,21-23H2,1-5H3. The number of hydrogen-bond acceptors (Lipinski definition) is 11. The second-order valence-corrected chi connectivity index (χ2v) is 13.9. The van der Waals surface area contributed by atoms with Crippen LogP contribution in [0.25, 0.3) is 10.4 Å². The van der Waals surface area contributed by atoms with Crippen LogP contribution in [-0.4, -0.2) is 59.2 Å². The minimum atomic E-state index is -0.795. The van der Waals surface area contributed by atoms with Crippen LogP contribution < -0.4 is 4.74 Å². The average Bonchev–Trinajstić information content (AvgIpc) is 3.81. The van der Waals surface area contributed by atoms with E-state index in [1.807, 2.05) is 30.3 Å². The second kappa shape index (κ2) is 16.8. The zero-order valence-corrected chi connectivity index (χ0v) is 30.5. The minimum absolute atomic E-state index is 0.00354. The highest BCUT2D eigenvalue weighted by atomic mass is 32.1. The molecule has 1 unspecified atom stereocenters. The van der Waals surface area contributed by atoms with Crippen molar-refractivity contribution in [2.24, 2.45) is 0 Å². The molecule has 2 aromatic heterocycles. The Hall–Kier alpha value is -5.30. The topological polar surface area (TPSA) is 131 Å². The van der Waals surface area contributed by atoms with Crippen molar-refractivity contribution in [3.63, 3.8) is 0 Å². The zero-order chi connectivity index (χ0) is 37.4. The predicted molar refractivity (Wildman–Crippen MR) is 191 cm³/mol. The Balaban J connectivity index is 1.70. The van der Waals surface area contributed by atoms with Crippen molar-refractivity contribution >= 4 is 35.3 Å². The molecule has 0 saturated carbocycles. The molecule has 13 heteroatoms. The van der Waals surface area contributed by atoms with Crippen molar-refractivity contribution in [3.8, 4) is 16.2 Å². The van der Waals surface area contributed by atoms with Crippen LogP contribution in [-0.2, 0) is 32.2 Å². The number of rotatable bonds is 12. The molecule has 0 N–H and O–H groups in total. The maximum atomic E-state index is 14.1. The number of carbonyl (C=O) groups is 4. The minimum Gasteiger partial charge on any atom is -0.487 e. The third kappa shape index (κ3) is 9.13. The number of esters is 3. The van der Waals surface area contributed by atoms with Crippen LogP contribution in [0.15, 0.2) is 66.7 Å². The van der Waals surface area contributed by atoms with Crippen LogP contribution in [0.5, 0.6) is 5.75 Å². The number of halogens is 1. The molecule has 0 bridgehead atoms. The molecule has 3 heterocycles. The molecule has 2 aromatic carbocycles. The van der Waals surface area contributed by atoms with Crippen molar-refractivity contribution in [2.45, 2.75) is 72.3 Å². The van der Waals surface area contributed by atoms with Crippen molar-refractivity contribution in [3.05, 3.63) is 106 Å². The van der Waals surface area contributed by atoms with E-state index in [2.05, 4.69) is 0 Å². The Morgan fingerprint density at radius 2 is 1.52 bits per heavy atom. The summed E-state index contributed by atoms with van der Waals surface area (Å²) in [4.78, 5) is 61.7. The Bertz CT molecular complexity index is 1910. The number of nitrogens with zero attached hydrogens (tertiary/aromatic N) is 2. The highest BCUT2D eigenvalue weighted by Crippen LogP contribution is 2.42. The summed E-state index contributed by atoms with van der Waals surface area (Å²) in [6.45, 7) is 8.66. The molecule has 1 fully saturated rings. The first kappa shape index (κ1) is 37.9. The van der Waals surface area contributed by atoms with E-state index in [4.69, 9.17) is 28.7 Å². The molecule has 274 valence electrons. The van der Waals surface area contributed by atoms with Gasteiger partial charge in [-0.1, -0.05) is 30.3 Å². The lowest BCUT2D eigenvalue weighted by molar-refractivity contribution is 0.0216. The largest absolute Gasteiger partial charge is 0.487 e. The molecule has 1 atom stereocenters. The fraction of sp³-hybridized carbons (Fsp3) is 0.359. The van der Waals surface area contributed by atoms with Crippen molar-refractivity contribution in [2.75, 3.05) is 19.8 Å². The molecular weight excluding hydrogens is 691 g/mol. The Labute approximate surface area is 305 Å². The first-order chi connectivity index (χ1) is 24.9. The van der Waals surface area contributed by atoms with Gasteiger partial charge in [-0.3, -0.25) is 9.88 Å². The van der Waals surface area contributed by atoms with Crippen molar-refractivity contribution < 1.29 is 47.3 Å². The highest BCUT2D eigenvalue weighted by molar-refractivity contribution is 7.17. The smallest absolute Gasteiger partial charge is 0.410 e. The molecule has 52 heavy (non-hydrogen) atoms. The molecule has 1 aliphatic heterocycles. The summed E-state index contributed by atoms with van der Waals surface area (Å²) in [5.74, 6) is -2.34. The number of ether oxygens (including phenoxy) is 5. The average molecular weight is 733 g/mol. The number of carbonyl (C=O) groups excluding carboxylic acids is 4. The van der Waals surface area contributed by atoms with Gasteiger partial charge in [0.05, 0.1) is 41.8 Å². The lowest BCUT2D eigenvalue weighted by Crippen LogP contribution is -2.37. The summed E-state index contributed by atoms with van der Waals surface area (Å²) in [7, 11) is 0. The number of hydrogen-bond donors (Lipinski definition) is 0. The van der Waals surface area contributed by atoms with E-state index in [-0.39, 0.29) is 59.4 Å². The van der Waals surface area contributed by atoms with Gasteiger partial charge >= 0.3 is 24.0 Å². The van der Waals surface area contributed by atoms with E-state index in [9.17, 15) is 23.6 Å². The van der Waals surface area contributed by atoms with E-state index >= 15 is 0 Å². The fourth-order valence-corrected chi connectivity index (χ4v) is 6.69. The van der Waals surface area contributed by atoms with Gasteiger partial charge in [-0.2, -0.15) is 0 Å². The second-order valence-electron chi connectivity index (χ2n) is 12.8. The molecule has 5 rings (SSSR count). The molecular formula is C39H41FN2O9S. The number of thiophene rings is 1. The summed E-state index contributed by atoms with van der Waals surface area (Å²) in [6, 6.07) is 17.0. The van der Waals surface area contributed by atoms with Gasteiger partial charge in [0.2, 0.25) is 0 Å². The van der Waals surface area contributed by atoms with Gasteiger partial charge in [0.1, 0.15) is 35.3 Å². The van der Waals surface area contributed by atoms with Gasteiger partial charge in [0.25, 0.3) is 0 Å². The predicted octanol–water partition coefficient (Wildman–Crippen LogP) is 8.31. The Kier molecular flexibility index (Phi) is 12.3. The van der Waals surface area contributed by atoms with Gasteiger partial charge < -0.3 is 23.7 Å². The molecule has 1 saturated heterocycles. The van der Waals surface area contributed by atoms with Crippen LogP contribution in [0.3, 0.4) is 0 Å². The molecule has 0 aliphatic carbocycles. The molecule has 11 nitrogen and oxygen atoms in total. The summed E-state index contributed by atoms with van der Waals surface area (Å²) in [5, 5.41) is 0. The van der Waals surface area contributed by atoms with Crippen LogP contribution in [0.1, 0.15) is 101 Å². The van der Waals surface area contributed by atoms with Crippen molar-refractivity contribution in [1.29, 1.82) is 0 Å². The van der Waals surface area contributed by atoms with Gasteiger partial charge in [0, 0.05) is 17.0 Å². The van der Waals surface area contributed by atoms with Gasteiger partial charge in [-0.25, -0.2) is 23.6 Å². The van der Waals surface area contributed by atoms with Gasteiger partial charge in [-0.15, -0.1) is 11.3 Å². The van der Waals surface area contributed by atoms with Gasteiger partial charge in [-0.05, 0) is 89.4 Å². The van der Waals surface area contributed by atoms with E-state index in [1.165, 1.54) is 29.2 Å². The maximum Gasteiger partial charge on any atom is 0.410 e. The first-order valence-corrected chi connectivity index (χ1v) is 17.8. The zero-order valence-electron chi connectivity index (χ0n) is 29.7. The van der Waals surface area contributed by atoms with Gasteiger partial charge in [0.15, 0.2) is 0 Å². The SMILES string of the molecule is CCOC(=O)c1c(COc2ccc(F)cc2)nc(C2CCCN2C(=O)OC(C)(C)C)c(C(=O)OCC)c1-c1ccc(C(=O)OCc2ccccc2)s1. The normalized spacial score (nSPS) is 14.1. The first-order valence-electron chi connectivity index (χ1n) is 17.0. The van der Waals surface area contributed by atoms with Crippen LogP contribution in [0.2, 0.25) is 0 Å². The highest BCUT2D eigenvalue weighted by Gasteiger charge is 2.40. The Morgan fingerprint density at radius 3 is 2.17 bits per heavy atom. The molecule has 4 aromatic rings. The quantitative estimate of drug-likeness (QED) is 0.104. The third-order valence-electron chi connectivity index (χ3n) is 7.91. The number of likely N-dealkylation sites (tertiary alicyclic amines) is 1. The number of pyridine rings is 1.